The van der Waals surface area contributed by atoms with Crippen LogP contribution in [0.25, 0.3) is 0 Å². The molecule has 0 spiro atoms. The molecule has 0 radical (unpaired) electrons. The fourth-order valence-corrected chi connectivity index (χ4v) is 8.23. The van der Waals surface area contributed by atoms with Crippen molar-refractivity contribution < 1.29 is 24.5 Å². The highest BCUT2D eigenvalue weighted by molar-refractivity contribution is 5.77. The molecule has 0 saturated heterocycles. The highest BCUT2D eigenvalue weighted by atomic mass is 16.5. The maximum Gasteiger partial charge on any atom is 0.306 e. The average Bonchev–Trinajstić information content (AvgIpc) is 3.24. The first-order valence-electron chi connectivity index (χ1n) is 26.6. The lowest BCUT2D eigenvalue weighted by Gasteiger charge is -2.24. The van der Waals surface area contributed by atoms with Crippen molar-refractivity contribution in [3.8, 4) is 0 Å². The molecular formula is C54H103NO5. The number of hydrogen-bond donors (Lipinski definition) is 3. The lowest BCUT2D eigenvalue weighted by atomic mass is 10.0. The second kappa shape index (κ2) is 48.4. The van der Waals surface area contributed by atoms with Crippen LogP contribution in [-0.2, 0) is 14.3 Å². The molecular weight excluding hydrogens is 743 g/mol. The molecule has 0 aromatic heterocycles. The summed E-state index contributed by atoms with van der Waals surface area (Å²) < 4.78 is 5.93. The van der Waals surface area contributed by atoms with Crippen LogP contribution in [0.15, 0.2) is 24.3 Å². The molecule has 0 saturated carbocycles. The Labute approximate surface area is 373 Å². The fourth-order valence-electron chi connectivity index (χ4n) is 8.23. The minimum absolute atomic E-state index is 0.0735. The fraction of sp³-hybridized carbons (Fsp3) is 0.889. The third-order valence-corrected chi connectivity index (χ3v) is 12.3. The number of allylic oxidation sites excluding steroid dienone is 4. The van der Waals surface area contributed by atoms with Gasteiger partial charge in [-0.05, 0) is 57.8 Å². The summed E-state index contributed by atoms with van der Waals surface area (Å²) in [4.78, 5) is 26.1. The number of hydrogen-bond acceptors (Lipinski definition) is 5. The molecule has 0 rings (SSSR count). The molecule has 0 aromatic rings. The van der Waals surface area contributed by atoms with Crippen molar-refractivity contribution in [2.45, 2.75) is 302 Å². The van der Waals surface area contributed by atoms with Crippen molar-refractivity contribution in [1.29, 1.82) is 0 Å². The van der Waals surface area contributed by atoms with E-state index in [1.165, 1.54) is 173 Å². The molecule has 3 atom stereocenters. The largest absolute Gasteiger partial charge is 0.462 e. The zero-order valence-electron chi connectivity index (χ0n) is 40.4. The first-order valence-corrected chi connectivity index (χ1v) is 26.6. The van der Waals surface area contributed by atoms with E-state index >= 15 is 0 Å². The maximum atomic E-state index is 13.2. The number of aliphatic hydroxyl groups is 2. The van der Waals surface area contributed by atoms with Gasteiger partial charge in [0.25, 0.3) is 0 Å². The van der Waals surface area contributed by atoms with Gasteiger partial charge in [0.2, 0.25) is 5.91 Å². The molecule has 0 bridgehead atoms. The predicted molar refractivity (Wildman–Crippen MR) is 260 cm³/mol. The standard InChI is InChI=1S/C54H103NO5/c1-4-7-10-13-16-19-22-25-27-28-30-33-36-39-42-45-50(60-54(59)47-44-41-38-35-32-24-21-18-15-12-9-6-3)48-53(58)55-51(49-56)52(57)46-43-40-37-34-31-29-26-23-20-17-14-11-8-5-2/h16,19,25,27,50-52,56-57H,4-15,17-18,20-24,26,28-49H2,1-3H3,(H,55,58)/b19-16-,27-25-. The monoisotopic (exact) mass is 846 g/mol. The molecule has 354 valence electrons. The van der Waals surface area contributed by atoms with E-state index in [1.54, 1.807) is 0 Å². The highest BCUT2D eigenvalue weighted by Gasteiger charge is 2.24. The molecule has 0 heterocycles. The third kappa shape index (κ3) is 43.0. The van der Waals surface area contributed by atoms with E-state index in [1.807, 2.05) is 0 Å². The second-order valence-corrected chi connectivity index (χ2v) is 18.3. The molecule has 0 aliphatic carbocycles. The van der Waals surface area contributed by atoms with E-state index in [2.05, 4.69) is 50.4 Å². The number of carbonyl (C=O) groups is 2. The highest BCUT2D eigenvalue weighted by Crippen LogP contribution is 2.18. The van der Waals surface area contributed by atoms with Crippen molar-refractivity contribution in [3.63, 3.8) is 0 Å². The van der Waals surface area contributed by atoms with Crippen molar-refractivity contribution >= 4 is 11.9 Å². The lowest BCUT2D eigenvalue weighted by Crippen LogP contribution is -2.46. The van der Waals surface area contributed by atoms with Crippen molar-refractivity contribution in [2.24, 2.45) is 0 Å². The molecule has 6 heteroatoms. The topological polar surface area (TPSA) is 95.9 Å². The summed E-state index contributed by atoms with van der Waals surface area (Å²) in [5, 5.41) is 23.8. The summed E-state index contributed by atoms with van der Waals surface area (Å²) in [5.41, 5.74) is 0. The average molecular weight is 846 g/mol. The van der Waals surface area contributed by atoms with Gasteiger partial charge in [-0.1, -0.05) is 238 Å². The minimum atomic E-state index is -0.787. The molecule has 3 unspecified atom stereocenters. The van der Waals surface area contributed by atoms with E-state index in [0.717, 1.165) is 64.2 Å². The zero-order chi connectivity index (χ0) is 43.8. The summed E-state index contributed by atoms with van der Waals surface area (Å²) in [6.07, 6.45) is 55.2. The Hall–Kier alpha value is -1.66. The van der Waals surface area contributed by atoms with Crippen LogP contribution in [0, 0.1) is 0 Å². The van der Waals surface area contributed by atoms with E-state index in [0.29, 0.717) is 19.3 Å². The van der Waals surface area contributed by atoms with Crippen molar-refractivity contribution in [2.75, 3.05) is 6.61 Å². The van der Waals surface area contributed by atoms with Gasteiger partial charge >= 0.3 is 5.97 Å². The summed E-state index contributed by atoms with van der Waals surface area (Å²) in [7, 11) is 0. The smallest absolute Gasteiger partial charge is 0.306 e. The SMILES string of the molecule is CCCCC/C=C\C/C=C\CCCCCCCC(CC(=O)NC(CO)C(O)CCCCCCCCCCCCCCCC)OC(=O)CCCCCCCCCCCCCC. The van der Waals surface area contributed by atoms with Gasteiger partial charge in [-0.25, -0.2) is 0 Å². The Balaban J connectivity index is 4.56. The van der Waals surface area contributed by atoms with E-state index < -0.39 is 18.2 Å². The Morgan fingerprint density at radius 1 is 0.483 bits per heavy atom. The second-order valence-electron chi connectivity index (χ2n) is 18.3. The van der Waals surface area contributed by atoms with Crippen LogP contribution in [0.5, 0.6) is 0 Å². The number of unbranched alkanes of at least 4 members (excludes halogenated alkanes) is 32. The third-order valence-electron chi connectivity index (χ3n) is 12.3. The van der Waals surface area contributed by atoms with Gasteiger partial charge in [0.05, 0.1) is 25.2 Å². The number of esters is 1. The molecule has 6 nitrogen and oxygen atoms in total. The van der Waals surface area contributed by atoms with Gasteiger partial charge in [-0.2, -0.15) is 0 Å². The van der Waals surface area contributed by atoms with Gasteiger partial charge in [-0.3, -0.25) is 9.59 Å². The van der Waals surface area contributed by atoms with E-state index in [9.17, 15) is 19.8 Å². The van der Waals surface area contributed by atoms with Gasteiger partial charge in [0.1, 0.15) is 6.10 Å². The summed E-state index contributed by atoms with van der Waals surface area (Å²) in [6, 6.07) is -0.701. The molecule has 0 aromatic carbocycles. The molecule has 3 N–H and O–H groups in total. The van der Waals surface area contributed by atoms with Crippen molar-refractivity contribution in [1.82, 2.24) is 5.32 Å². The molecule has 1 amide bonds. The Bertz CT molecular complexity index is 950. The van der Waals surface area contributed by atoms with Crippen LogP contribution >= 0.6 is 0 Å². The summed E-state index contributed by atoms with van der Waals surface area (Å²) in [6.45, 7) is 6.47. The molecule has 60 heavy (non-hydrogen) atoms. The predicted octanol–water partition coefficient (Wildman–Crippen LogP) is 15.9. The van der Waals surface area contributed by atoms with Crippen LogP contribution in [0.1, 0.15) is 284 Å². The summed E-state index contributed by atoms with van der Waals surface area (Å²) in [5.74, 6) is -0.473. The zero-order valence-corrected chi connectivity index (χ0v) is 40.4. The number of nitrogens with one attached hydrogen (secondary N) is 1. The normalized spacial score (nSPS) is 13.3. The Morgan fingerprint density at radius 3 is 1.30 bits per heavy atom. The molecule has 0 fully saturated rings. The first kappa shape index (κ1) is 58.3. The van der Waals surface area contributed by atoms with Crippen LogP contribution in [0.4, 0.5) is 0 Å². The molecule has 0 aliphatic rings. The number of carbonyl (C=O) groups excluding carboxylic acids is 2. The van der Waals surface area contributed by atoms with Crippen LogP contribution < -0.4 is 5.32 Å². The number of aliphatic hydroxyl groups excluding tert-OH is 2. The Morgan fingerprint density at radius 2 is 0.850 bits per heavy atom. The van der Waals surface area contributed by atoms with Gasteiger partial charge < -0.3 is 20.3 Å². The quantitative estimate of drug-likeness (QED) is 0.0322. The van der Waals surface area contributed by atoms with Crippen LogP contribution in [-0.4, -0.2) is 46.9 Å². The van der Waals surface area contributed by atoms with E-state index in [-0.39, 0.29) is 24.9 Å². The van der Waals surface area contributed by atoms with Crippen LogP contribution in [0.3, 0.4) is 0 Å². The summed E-state index contributed by atoms with van der Waals surface area (Å²) >= 11 is 0. The maximum absolute atomic E-state index is 13.2. The number of rotatable bonds is 48. The number of amides is 1. The van der Waals surface area contributed by atoms with E-state index in [4.69, 9.17) is 4.74 Å². The lowest BCUT2D eigenvalue weighted by molar-refractivity contribution is -0.151. The van der Waals surface area contributed by atoms with Crippen LogP contribution in [0.2, 0.25) is 0 Å². The van der Waals surface area contributed by atoms with Gasteiger partial charge in [-0.15, -0.1) is 0 Å². The molecule has 0 aliphatic heterocycles. The minimum Gasteiger partial charge on any atom is -0.462 e. The van der Waals surface area contributed by atoms with Gasteiger partial charge in [0, 0.05) is 6.42 Å². The van der Waals surface area contributed by atoms with Gasteiger partial charge in [0.15, 0.2) is 0 Å². The Kier molecular flexibility index (Phi) is 47.0. The van der Waals surface area contributed by atoms with Crippen molar-refractivity contribution in [3.05, 3.63) is 24.3 Å². The number of ether oxygens (including phenoxy) is 1. The first-order chi connectivity index (χ1) is 29.5.